The van der Waals surface area contributed by atoms with E-state index < -0.39 is 41.5 Å². The number of nitrogens with one attached hydrogen (secondary N) is 2. The standard InChI is InChI=1S/C30H44N6O9/c1-8-41-23(37)22-19-42-25(34-22)36(28(40)45-30(5,6)7)17-21(33-27(39)44-29(2,3)4)15-12-16-32-24(31)35-26(38)43-18-20-13-10-9-11-14-20/h9-11,13-14,19,21H,8,12,15-18H2,1-7H3,(H,33,39)(H3,31,32,35,38)/t21-/m0/s1. The van der Waals surface area contributed by atoms with E-state index in [1.165, 1.54) is 0 Å². The molecule has 1 aromatic carbocycles. The number of alkyl carbamates (subject to hydrolysis) is 2. The first kappa shape index (κ1) is 36.4. The number of carbonyl (C=O) groups is 4. The summed E-state index contributed by atoms with van der Waals surface area (Å²) in [5.74, 6) is -0.876. The molecule has 0 spiro atoms. The summed E-state index contributed by atoms with van der Waals surface area (Å²) in [7, 11) is 0. The number of hydrogen-bond donors (Lipinski definition) is 3. The van der Waals surface area contributed by atoms with Crippen molar-refractivity contribution < 1.29 is 42.5 Å². The first-order valence-corrected chi connectivity index (χ1v) is 14.5. The molecule has 0 saturated carbocycles. The van der Waals surface area contributed by atoms with Gasteiger partial charge in [0, 0.05) is 6.54 Å². The maximum absolute atomic E-state index is 13.2. The van der Waals surface area contributed by atoms with E-state index in [-0.39, 0.29) is 50.4 Å². The molecule has 15 heteroatoms. The molecule has 0 aliphatic rings. The second kappa shape index (κ2) is 16.9. The molecule has 3 amide bonds. The van der Waals surface area contributed by atoms with Crippen LogP contribution in [0.1, 0.15) is 77.4 Å². The normalized spacial score (nSPS) is 12.5. The van der Waals surface area contributed by atoms with Crippen molar-refractivity contribution >= 4 is 36.2 Å². The molecular formula is C30H44N6O9. The maximum atomic E-state index is 13.2. The number of rotatable bonds is 12. The predicted molar refractivity (Wildman–Crippen MR) is 165 cm³/mol. The highest BCUT2D eigenvalue weighted by Crippen LogP contribution is 2.20. The van der Waals surface area contributed by atoms with Gasteiger partial charge in [0.05, 0.1) is 19.2 Å². The highest BCUT2D eigenvalue weighted by molar-refractivity contribution is 5.92. The summed E-state index contributed by atoms with van der Waals surface area (Å²) >= 11 is 0. The Morgan fingerprint density at radius 3 is 2.29 bits per heavy atom. The molecule has 0 aliphatic heterocycles. The fourth-order valence-electron chi connectivity index (χ4n) is 3.58. The summed E-state index contributed by atoms with van der Waals surface area (Å²) in [5, 5.41) is 5.11. The van der Waals surface area contributed by atoms with E-state index >= 15 is 0 Å². The summed E-state index contributed by atoms with van der Waals surface area (Å²) in [4.78, 5) is 59.5. The summed E-state index contributed by atoms with van der Waals surface area (Å²) in [5.41, 5.74) is 4.85. The third-order valence-corrected chi connectivity index (χ3v) is 5.38. The van der Waals surface area contributed by atoms with Crippen molar-refractivity contribution in [3.63, 3.8) is 0 Å². The lowest BCUT2D eigenvalue weighted by atomic mass is 10.1. The van der Waals surface area contributed by atoms with Gasteiger partial charge in [-0.15, -0.1) is 0 Å². The summed E-state index contributed by atoms with van der Waals surface area (Å²) in [6.45, 7) is 12.0. The van der Waals surface area contributed by atoms with Crippen molar-refractivity contribution in [2.75, 3.05) is 24.6 Å². The Morgan fingerprint density at radius 2 is 1.67 bits per heavy atom. The molecule has 2 rings (SSSR count). The maximum Gasteiger partial charge on any atom is 0.418 e. The molecule has 0 aliphatic carbocycles. The summed E-state index contributed by atoms with van der Waals surface area (Å²) in [6.07, 6.45) is -0.594. The minimum Gasteiger partial charge on any atom is -0.461 e. The van der Waals surface area contributed by atoms with Gasteiger partial charge in [-0.25, -0.2) is 24.1 Å². The Labute approximate surface area is 262 Å². The quantitative estimate of drug-likeness (QED) is 0.0979. The third kappa shape index (κ3) is 14.5. The number of nitrogens with two attached hydrogens (primary N) is 1. The smallest absolute Gasteiger partial charge is 0.418 e. The second-order valence-corrected chi connectivity index (χ2v) is 11.8. The van der Waals surface area contributed by atoms with Gasteiger partial charge in [-0.3, -0.25) is 10.3 Å². The van der Waals surface area contributed by atoms with Crippen LogP contribution in [0.25, 0.3) is 0 Å². The average molecular weight is 633 g/mol. The van der Waals surface area contributed by atoms with Crippen LogP contribution >= 0.6 is 0 Å². The number of aliphatic imine (C=N–C) groups is 1. The number of benzene rings is 1. The molecule has 0 unspecified atom stereocenters. The summed E-state index contributed by atoms with van der Waals surface area (Å²) in [6, 6.07) is 8.20. The lowest BCUT2D eigenvalue weighted by molar-refractivity contribution is 0.0480. The Kier molecular flexibility index (Phi) is 13.6. The highest BCUT2D eigenvalue weighted by atomic mass is 16.6. The number of hydrogen-bond acceptors (Lipinski definition) is 11. The van der Waals surface area contributed by atoms with Gasteiger partial charge in [0.25, 0.3) is 0 Å². The van der Waals surface area contributed by atoms with Crippen LogP contribution in [0.5, 0.6) is 0 Å². The molecule has 4 N–H and O–H groups in total. The van der Waals surface area contributed by atoms with Gasteiger partial charge in [-0.1, -0.05) is 30.3 Å². The lowest BCUT2D eigenvalue weighted by Gasteiger charge is -2.29. The second-order valence-electron chi connectivity index (χ2n) is 11.8. The fourth-order valence-corrected chi connectivity index (χ4v) is 3.58. The number of carbonyl (C=O) groups excluding carboxylic acids is 4. The average Bonchev–Trinajstić information content (AvgIpc) is 3.41. The zero-order valence-electron chi connectivity index (χ0n) is 26.9. The zero-order valence-corrected chi connectivity index (χ0v) is 26.9. The number of nitrogens with zero attached hydrogens (tertiary/aromatic N) is 3. The van der Waals surface area contributed by atoms with E-state index in [9.17, 15) is 19.2 Å². The minimum atomic E-state index is -0.874. The Balaban J connectivity index is 2.14. The lowest BCUT2D eigenvalue weighted by Crippen LogP contribution is -2.48. The molecule has 1 aromatic heterocycles. The molecule has 0 bridgehead atoms. The van der Waals surface area contributed by atoms with Gasteiger partial charge < -0.3 is 34.4 Å². The highest BCUT2D eigenvalue weighted by Gasteiger charge is 2.31. The van der Waals surface area contributed by atoms with Gasteiger partial charge in [0.2, 0.25) is 0 Å². The van der Waals surface area contributed by atoms with Gasteiger partial charge >= 0.3 is 30.3 Å². The van der Waals surface area contributed by atoms with Crippen LogP contribution in [-0.4, -0.2) is 72.1 Å². The van der Waals surface area contributed by atoms with Crippen LogP contribution in [-0.2, 0) is 25.6 Å². The Hall–Kier alpha value is -4.82. The predicted octanol–water partition coefficient (Wildman–Crippen LogP) is 4.51. The molecule has 1 atom stereocenters. The number of guanidine groups is 1. The van der Waals surface area contributed by atoms with Crippen LogP contribution in [0.2, 0.25) is 0 Å². The number of aromatic nitrogens is 1. The first-order chi connectivity index (χ1) is 21.1. The van der Waals surface area contributed by atoms with Crippen LogP contribution in [0.3, 0.4) is 0 Å². The van der Waals surface area contributed by atoms with E-state index in [0.717, 1.165) is 16.7 Å². The zero-order chi connectivity index (χ0) is 33.6. The van der Waals surface area contributed by atoms with Gasteiger partial charge in [-0.2, -0.15) is 4.98 Å². The van der Waals surface area contributed by atoms with Crippen molar-refractivity contribution in [3.05, 3.63) is 47.9 Å². The number of esters is 1. The van der Waals surface area contributed by atoms with E-state index in [1.807, 2.05) is 30.3 Å². The third-order valence-electron chi connectivity index (χ3n) is 5.38. The summed E-state index contributed by atoms with van der Waals surface area (Å²) < 4.78 is 26.5. The van der Waals surface area contributed by atoms with Crippen molar-refractivity contribution in [3.8, 4) is 0 Å². The molecule has 1 heterocycles. The van der Waals surface area contributed by atoms with Crippen LogP contribution < -0.4 is 21.3 Å². The van der Waals surface area contributed by atoms with Gasteiger partial charge in [-0.05, 0) is 66.9 Å². The minimum absolute atomic E-state index is 0.0674. The van der Waals surface area contributed by atoms with Crippen LogP contribution in [0, 0.1) is 0 Å². The van der Waals surface area contributed by atoms with E-state index in [2.05, 4.69) is 20.6 Å². The molecule has 0 saturated heterocycles. The molecular weight excluding hydrogens is 588 g/mol. The topological polar surface area (TPSA) is 197 Å². The molecule has 2 aromatic rings. The molecule has 0 radical (unpaired) electrons. The first-order valence-electron chi connectivity index (χ1n) is 14.5. The Morgan fingerprint density at radius 1 is 1.00 bits per heavy atom. The van der Waals surface area contributed by atoms with Crippen molar-refractivity contribution in [1.29, 1.82) is 0 Å². The van der Waals surface area contributed by atoms with Crippen molar-refractivity contribution in [2.45, 2.75) is 85.2 Å². The van der Waals surface area contributed by atoms with Crippen LogP contribution in [0.15, 0.2) is 46.0 Å². The number of amides is 3. The number of ether oxygens (including phenoxy) is 4. The molecule has 0 fully saturated rings. The largest absolute Gasteiger partial charge is 0.461 e. The van der Waals surface area contributed by atoms with Crippen molar-refractivity contribution in [2.24, 2.45) is 10.7 Å². The number of oxazole rings is 1. The molecule has 45 heavy (non-hydrogen) atoms. The van der Waals surface area contributed by atoms with Gasteiger partial charge in [0.15, 0.2) is 11.7 Å². The Bertz CT molecular complexity index is 1300. The monoisotopic (exact) mass is 632 g/mol. The van der Waals surface area contributed by atoms with E-state index in [1.54, 1.807) is 48.5 Å². The SMILES string of the molecule is CCOC(=O)c1coc(N(C[C@H](CCCN=C(N)NC(=O)OCc2ccccc2)NC(=O)OC(C)(C)C)C(=O)OC(C)(C)C)n1. The van der Waals surface area contributed by atoms with Crippen LogP contribution in [0.4, 0.5) is 20.4 Å². The number of anilines is 1. The van der Waals surface area contributed by atoms with Gasteiger partial charge in [0.1, 0.15) is 24.1 Å². The fraction of sp³-hybridized carbons (Fsp3) is 0.533. The van der Waals surface area contributed by atoms with E-state index in [0.29, 0.717) is 6.42 Å². The molecule has 248 valence electrons. The van der Waals surface area contributed by atoms with Crippen molar-refractivity contribution in [1.82, 2.24) is 15.6 Å². The van der Waals surface area contributed by atoms with E-state index in [4.69, 9.17) is 29.1 Å². The molecule has 15 nitrogen and oxygen atoms in total.